The molecule has 2 heterocycles. The van der Waals surface area contributed by atoms with E-state index in [-0.39, 0.29) is 11.8 Å². The van der Waals surface area contributed by atoms with Gasteiger partial charge in [0.25, 0.3) is 0 Å². The van der Waals surface area contributed by atoms with Crippen molar-refractivity contribution in [3.05, 3.63) is 47.4 Å². The maximum absolute atomic E-state index is 9.88. The molecule has 15 heavy (non-hydrogen) atoms. The Balaban J connectivity index is 2.08. The van der Waals surface area contributed by atoms with Crippen molar-refractivity contribution in [2.75, 3.05) is 6.54 Å². The van der Waals surface area contributed by atoms with Gasteiger partial charge in [-0.1, -0.05) is 24.3 Å². The molecule has 0 saturated carbocycles. The molecule has 0 unspecified atom stereocenters. The minimum absolute atomic E-state index is 0.0803. The van der Waals surface area contributed by atoms with E-state index in [9.17, 15) is 10.2 Å². The Hall–Kier alpha value is -1.48. The molecule has 3 rings (SSSR count). The summed E-state index contributed by atoms with van der Waals surface area (Å²) in [5.74, 6) is 0.0803. The van der Waals surface area contributed by atoms with Gasteiger partial charge in [0.2, 0.25) is 0 Å². The third-order valence-corrected chi connectivity index (χ3v) is 3.27. The van der Waals surface area contributed by atoms with Gasteiger partial charge >= 0.3 is 0 Å². The summed E-state index contributed by atoms with van der Waals surface area (Å²) in [7, 11) is 0. The van der Waals surface area contributed by atoms with Gasteiger partial charge in [0.1, 0.15) is 11.9 Å². The first kappa shape index (κ1) is 8.80. The lowest BCUT2D eigenvalue weighted by Gasteiger charge is -2.33. The van der Waals surface area contributed by atoms with Crippen molar-refractivity contribution in [3.8, 4) is 0 Å². The average Bonchev–Trinajstić information content (AvgIpc) is 2.55. The molecular formula is C12H13NO2. The third-order valence-electron chi connectivity index (χ3n) is 3.27. The van der Waals surface area contributed by atoms with Crippen molar-refractivity contribution in [2.24, 2.45) is 0 Å². The second-order valence-electron chi connectivity index (χ2n) is 4.13. The molecule has 2 aliphatic heterocycles. The molecule has 3 nitrogen and oxygen atoms in total. The quantitative estimate of drug-likeness (QED) is 0.669. The van der Waals surface area contributed by atoms with Gasteiger partial charge in [-0.2, -0.15) is 0 Å². The normalized spacial score (nSPS) is 28.3. The fraction of sp³-hybridized carbons (Fsp3) is 0.333. The van der Waals surface area contributed by atoms with E-state index in [1.54, 1.807) is 6.20 Å². The number of aliphatic hydroxyl groups excluding tert-OH is 2. The number of hydrogen-bond acceptors (Lipinski definition) is 3. The van der Waals surface area contributed by atoms with Crippen LogP contribution in [0.1, 0.15) is 17.2 Å². The standard InChI is InChI=1S/C12H13NO2/c14-10-7-13-6-5-8-3-1-2-4-9(8)11(13)12(10)15/h1-4,7,11-12,14-15H,5-6H2/t11-,12-/m1/s1. The molecule has 0 bridgehead atoms. The maximum Gasteiger partial charge on any atom is 0.139 e. The number of benzene rings is 1. The second kappa shape index (κ2) is 3.00. The van der Waals surface area contributed by atoms with Crippen LogP contribution in [-0.4, -0.2) is 27.8 Å². The van der Waals surface area contributed by atoms with E-state index in [1.807, 2.05) is 23.1 Å². The van der Waals surface area contributed by atoms with Crippen LogP contribution in [0.3, 0.4) is 0 Å². The fourth-order valence-corrected chi connectivity index (χ4v) is 2.52. The van der Waals surface area contributed by atoms with Crippen molar-refractivity contribution in [2.45, 2.75) is 18.6 Å². The summed E-state index contributed by atoms with van der Waals surface area (Å²) in [6, 6.07) is 8.03. The zero-order valence-electron chi connectivity index (χ0n) is 8.30. The van der Waals surface area contributed by atoms with Crippen LogP contribution < -0.4 is 0 Å². The zero-order valence-corrected chi connectivity index (χ0v) is 8.30. The molecule has 2 aliphatic rings. The molecule has 0 saturated heterocycles. The van der Waals surface area contributed by atoms with Crippen LogP contribution in [0.5, 0.6) is 0 Å². The summed E-state index contributed by atoms with van der Waals surface area (Å²) in [5.41, 5.74) is 2.41. The highest BCUT2D eigenvalue weighted by atomic mass is 16.3. The monoisotopic (exact) mass is 203 g/mol. The third kappa shape index (κ3) is 1.16. The number of fused-ring (bicyclic) bond motifs is 3. The molecular weight excluding hydrogens is 190 g/mol. The molecule has 1 aromatic carbocycles. The molecule has 0 spiro atoms. The lowest BCUT2D eigenvalue weighted by Crippen LogP contribution is -2.33. The highest BCUT2D eigenvalue weighted by Crippen LogP contribution is 2.38. The van der Waals surface area contributed by atoms with Crippen molar-refractivity contribution >= 4 is 0 Å². The van der Waals surface area contributed by atoms with E-state index >= 15 is 0 Å². The highest BCUT2D eigenvalue weighted by Gasteiger charge is 2.38. The van der Waals surface area contributed by atoms with Crippen molar-refractivity contribution in [3.63, 3.8) is 0 Å². The van der Waals surface area contributed by atoms with E-state index in [2.05, 4.69) is 6.07 Å². The van der Waals surface area contributed by atoms with E-state index < -0.39 is 6.10 Å². The van der Waals surface area contributed by atoms with Crippen LogP contribution in [-0.2, 0) is 6.42 Å². The topological polar surface area (TPSA) is 43.7 Å². The van der Waals surface area contributed by atoms with Gasteiger partial charge in [0, 0.05) is 12.7 Å². The molecule has 1 aromatic rings. The minimum atomic E-state index is -0.772. The number of rotatable bonds is 0. The molecule has 2 N–H and O–H groups in total. The van der Waals surface area contributed by atoms with Gasteiger partial charge in [-0.05, 0) is 17.5 Å². The molecule has 3 heteroatoms. The summed E-state index contributed by atoms with van der Waals surface area (Å²) in [4.78, 5) is 2.02. The summed E-state index contributed by atoms with van der Waals surface area (Å²) < 4.78 is 0. The highest BCUT2D eigenvalue weighted by molar-refractivity contribution is 5.37. The summed E-state index contributed by atoms with van der Waals surface area (Å²) in [6.07, 6.45) is 1.86. The average molecular weight is 203 g/mol. The fourth-order valence-electron chi connectivity index (χ4n) is 2.52. The molecule has 2 atom stereocenters. The number of nitrogens with zero attached hydrogens (tertiary/aromatic N) is 1. The van der Waals surface area contributed by atoms with Crippen molar-refractivity contribution < 1.29 is 10.2 Å². The molecule has 0 aliphatic carbocycles. The zero-order chi connectivity index (χ0) is 10.4. The second-order valence-corrected chi connectivity index (χ2v) is 4.13. The Morgan fingerprint density at radius 2 is 2.07 bits per heavy atom. The lowest BCUT2D eigenvalue weighted by molar-refractivity contribution is 0.0949. The van der Waals surface area contributed by atoms with Gasteiger partial charge in [-0.3, -0.25) is 0 Å². The molecule has 0 radical (unpaired) electrons. The van der Waals surface area contributed by atoms with Crippen LogP contribution in [0.2, 0.25) is 0 Å². The Labute approximate surface area is 88.3 Å². The van der Waals surface area contributed by atoms with Crippen LogP contribution in [0.4, 0.5) is 0 Å². The Kier molecular flexibility index (Phi) is 1.76. The van der Waals surface area contributed by atoms with Crippen LogP contribution in [0.25, 0.3) is 0 Å². The SMILES string of the molecule is OC1=CN2CCc3ccccc3[C@@H]2[C@@H]1O. The van der Waals surface area contributed by atoms with E-state index in [0.717, 1.165) is 18.5 Å². The molecule has 78 valence electrons. The summed E-state index contributed by atoms with van der Waals surface area (Å²) >= 11 is 0. The smallest absolute Gasteiger partial charge is 0.139 e. The summed E-state index contributed by atoms with van der Waals surface area (Å²) in [5, 5.41) is 19.4. The summed E-state index contributed by atoms with van der Waals surface area (Å²) in [6.45, 7) is 0.864. The minimum Gasteiger partial charge on any atom is -0.508 e. The first-order chi connectivity index (χ1) is 7.27. The predicted molar refractivity (Wildman–Crippen MR) is 56.3 cm³/mol. The van der Waals surface area contributed by atoms with Crippen LogP contribution in [0, 0.1) is 0 Å². The van der Waals surface area contributed by atoms with Crippen LogP contribution in [0.15, 0.2) is 36.2 Å². The first-order valence-electron chi connectivity index (χ1n) is 5.19. The van der Waals surface area contributed by atoms with Gasteiger partial charge < -0.3 is 15.1 Å². The Bertz CT molecular complexity index is 427. The van der Waals surface area contributed by atoms with Crippen molar-refractivity contribution in [1.82, 2.24) is 4.90 Å². The molecule has 0 fully saturated rings. The maximum atomic E-state index is 9.88. The van der Waals surface area contributed by atoms with Crippen LogP contribution >= 0.6 is 0 Å². The van der Waals surface area contributed by atoms with Gasteiger partial charge in [0.15, 0.2) is 0 Å². The van der Waals surface area contributed by atoms with E-state index in [4.69, 9.17) is 0 Å². The van der Waals surface area contributed by atoms with Gasteiger partial charge in [0.05, 0.1) is 6.04 Å². The largest absolute Gasteiger partial charge is 0.508 e. The van der Waals surface area contributed by atoms with E-state index in [0.29, 0.717) is 0 Å². The number of hydrogen-bond donors (Lipinski definition) is 2. The molecule has 0 amide bonds. The van der Waals surface area contributed by atoms with Gasteiger partial charge in [-0.25, -0.2) is 0 Å². The van der Waals surface area contributed by atoms with Gasteiger partial charge in [-0.15, -0.1) is 0 Å². The lowest BCUT2D eigenvalue weighted by atomic mass is 9.91. The first-order valence-corrected chi connectivity index (χ1v) is 5.19. The van der Waals surface area contributed by atoms with E-state index in [1.165, 1.54) is 5.56 Å². The Morgan fingerprint density at radius 1 is 1.27 bits per heavy atom. The molecule has 0 aromatic heterocycles. The van der Waals surface area contributed by atoms with Crippen molar-refractivity contribution in [1.29, 1.82) is 0 Å². The number of aliphatic hydroxyl groups is 2. The Morgan fingerprint density at radius 3 is 2.93 bits per heavy atom. The predicted octanol–water partition coefficient (Wildman–Crippen LogP) is 1.36.